The van der Waals surface area contributed by atoms with Gasteiger partial charge in [-0.25, -0.2) is 4.68 Å². The number of aromatic nitrogens is 3. The fraction of sp³-hybridized carbons (Fsp3) is 0.800. The Labute approximate surface area is 89.0 Å². The van der Waals surface area contributed by atoms with Crippen LogP contribution < -0.4 is 0 Å². The van der Waals surface area contributed by atoms with Crippen molar-refractivity contribution in [3.63, 3.8) is 0 Å². The molecule has 4 rings (SSSR count). The molecule has 1 aromatic heterocycles. The monoisotopic (exact) mass is 211 g/mol. The van der Waals surface area contributed by atoms with Crippen molar-refractivity contribution in [2.24, 2.45) is 5.92 Å². The van der Waals surface area contributed by atoms with Gasteiger partial charge in [0.05, 0.1) is 11.7 Å². The lowest BCUT2D eigenvalue weighted by Crippen LogP contribution is -2.59. The van der Waals surface area contributed by atoms with E-state index in [1.165, 1.54) is 26.4 Å². The van der Waals surface area contributed by atoms with Crippen molar-refractivity contribution in [3.8, 4) is 0 Å². The summed E-state index contributed by atoms with van der Waals surface area (Å²) in [5.41, 5.74) is 0.737. The summed E-state index contributed by atoms with van der Waals surface area (Å²) in [6.45, 7) is 0. The number of aliphatic hydroxyl groups excluding tert-OH is 1. The van der Waals surface area contributed by atoms with Gasteiger partial charge in [0.1, 0.15) is 5.69 Å². The van der Waals surface area contributed by atoms with Gasteiger partial charge in [0.2, 0.25) is 6.29 Å². The number of aliphatic hydroxyl groups is 1. The predicted octanol–water partition coefficient (Wildman–Crippen LogP) is 1.06. The van der Waals surface area contributed by atoms with Gasteiger partial charge in [-0.3, -0.25) is 0 Å². The lowest BCUT2D eigenvalue weighted by molar-refractivity contribution is -0.0995. The third kappa shape index (κ3) is 1.30. The van der Waals surface area contributed by atoms with Gasteiger partial charge in [-0.2, -0.15) is 0 Å². The summed E-state index contributed by atoms with van der Waals surface area (Å²) in [5.74, 6) is 0.912. The van der Waals surface area contributed by atoms with Crippen molar-refractivity contribution in [2.75, 3.05) is 7.11 Å². The van der Waals surface area contributed by atoms with Crippen molar-refractivity contribution in [3.05, 3.63) is 11.9 Å². The predicted molar refractivity (Wildman–Crippen MR) is 54.0 cm³/mol. The number of ether oxygens (including phenoxy) is 1. The first-order valence-corrected chi connectivity index (χ1v) is 4.87. The largest absolute Gasteiger partial charge is 0.363 e. The molecule has 1 unspecified atom stereocenters. The van der Waals surface area contributed by atoms with Gasteiger partial charge in [0.15, 0.2) is 0 Å². The van der Waals surface area contributed by atoms with Crippen molar-refractivity contribution < 1.29 is 9.84 Å². The molecule has 0 aliphatic heterocycles. The zero-order chi connectivity index (χ0) is 9.76. The number of methoxy groups -OCH3 is 1. The second-order valence-corrected chi connectivity index (χ2v) is 4.38. The molecular formula is C10H17N3O2. The second kappa shape index (κ2) is 3.28. The lowest BCUT2D eigenvalue weighted by Gasteiger charge is -2.61. The van der Waals surface area contributed by atoms with Gasteiger partial charge in [-0.1, -0.05) is 12.6 Å². The Morgan fingerprint density at radius 3 is 2.73 bits per heavy atom. The van der Waals surface area contributed by atoms with Crippen molar-refractivity contribution in [1.29, 1.82) is 0 Å². The van der Waals surface area contributed by atoms with Crippen LogP contribution in [0.15, 0.2) is 6.20 Å². The normalized spacial score (nSPS) is 33.6. The van der Waals surface area contributed by atoms with Gasteiger partial charge < -0.3 is 9.84 Å². The van der Waals surface area contributed by atoms with Gasteiger partial charge in [-0.15, -0.1) is 5.10 Å². The number of rotatable bonds is 3. The van der Waals surface area contributed by atoms with Gasteiger partial charge in [0.25, 0.3) is 0 Å². The van der Waals surface area contributed by atoms with E-state index in [1.54, 1.807) is 6.20 Å². The minimum absolute atomic E-state index is 0. The molecule has 1 heterocycles. The summed E-state index contributed by atoms with van der Waals surface area (Å²) >= 11 is 0. The summed E-state index contributed by atoms with van der Waals surface area (Å²) in [7, 11) is 1.45. The standard InChI is InChI=1S/C9H13N3O2.CH4/c1-14-8(13)7-5-12(11-10-7)9-2-6(3-9)4-9;/h5-6,8,13H,2-4H2,1H3;1H4. The SMILES string of the molecule is C.COC(O)c1cn(C23CC(C2)C3)nn1. The molecule has 0 saturated heterocycles. The van der Waals surface area contributed by atoms with E-state index in [0.29, 0.717) is 5.69 Å². The Morgan fingerprint density at radius 2 is 2.27 bits per heavy atom. The second-order valence-electron chi connectivity index (χ2n) is 4.38. The molecule has 3 saturated carbocycles. The highest BCUT2D eigenvalue weighted by molar-refractivity contribution is 5.12. The van der Waals surface area contributed by atoms with Crippen molar-refractivity contribution in [1.82, 2.24) is 15.0 Å². The van der Waals surface area contributed by atoms with E-state index in [0.717, 1.165) is 5.92 Å². The van der Waals surface area contributed by atoms with E-state index in [-0.39, 0.29) is 13.0 Å². The topological polar surface area (TPSA) is 60.2 Å². The van der Waals surface area contributed by atoms with Crippen LogP contribution in [-0.2, 0) is 10.3 Å². The van der Waals surface area contributed by atoms with Gasteiger partial charge in [0, 0.05) is 7.11 Å². The summed E-state index contributed by atoms with van der Waals surface area (Å²) in [6.07, 6.45) is 4.51. The first-order chi connectivity index (χ1) is 6.73. The molecule has 3 fully saturated rings. The lowest BCUT2D eigenvalue weighted by atomic mass is 9.50. The maximum atomic E-state index is 9.37. The first kappa shape index (κ1) is 10.6. The molecule has 0 radical (unpaired) electrons. The Balaban J connectivity index is 0.000000853. The van der Waals surface area contributed by atoms with E-state index in [1.807, 2.05) is 4.68 Å². The van der Waals surface area contributed by atoms with Gasteiger partial charge in [-0.05, 0) is 25.2 Å². The molecule has 1 aromatic rings. The van der Waals surface area contributed by atoms with E-state index in [9.17, 15) is 5.11 Å². The Morgan fingerprint density at radius 1 is 1.60 bits per heavy atom. The minimum atomic E-state index is -0.948. The van der Waals surface area contributed by atoms with Gasteiger partial charge >= 0.3 is 0 Å². The number of hydrogen-bond donors (Lipinski definition) is 1. The summed E-state index contributed by atoms with van der Waals surface area (Å²) in [5, 5.41) is 17.3. The quantitative estimate of drug-likeness (QED) is 0.759. The van der Waals surface area contributed by atoms with Crippen LogP contribution in [0, 0.1) is 5.92 Å². The molecule has 15 heavy (non-hydrogen) atoms. The fourth-order valence-electron chi connectivity index (χ4n) is 2.46. The van der Waals surface area contributed by atoms with Crippen LogP contribution in [0.4, 0.5) is 0 Å². The highest BCUT2D eigenvalue weighted by Crippen LogP contribution is 2.61. The van der Waals surface area contributed by atoms with Crippen molar-refractivity contribution in [2.45, 2.75) is 38.5 Å². The van der Waals surface area contributed by atoms with Crippen LogP contribution in [-0.4, -0.2) is 27.2 Å². The van der Waals surface area contributed by atoms with Crippen LogP contribution in [0.3, 0.4) is 0 Å². The Bertz CT molecular complexity index is 346. The maximum absolute atomic E-state index is 9.37. The molecule has 5 heteroatoms. The highest BCUT2D eigenvalue weighted by atomic mass is 16.6. The maximum Gasteiger partial charge on any atom is 0.201 e. The number of hydrogen-bond acceptors (Lipinski definition) is 4. The van der Waals surface area contributed by atoms with E-state index in [2.05, 4.69) is 10.3 Å². The van der Waals surface area contributed by atoms with Crippen LogP contribution in [0.2, 0.25) is 0 Å². The molecule has 3 aliphatic rings. The number of nitrogens with zero attached hydrogens (tertiary/aromatic N) is 3. The molecule has 0 aromatic carbocycles. The van der Waals surface area contributed by atoms with Crippen LogP contribution in [0.25, 0.3) is 0 Å². The molecule has 1 N–H and O–H groups in total. The molecule has 1 atom stereocenters. The summed E-state index contributed by atoms with van der Waals surface area (Å²) in [6, 6.07) is 0. The fourth-order valence-corrected chi connectivity index (χ4v) is 2.46. The molecule has 0 spiro atoms. The molecule has 84 valence electrons. The molecule has 0 amide bonds. The van der Waals surface area contributed by atoms with Crippen LogP contribution in [0.1, 0.15) is 38.7 Å². The summed E-state index contributed by atoms with van der Waals surface area (Å²) < 4.78 is 6.66. The van der Waals surface area contributed by atoms with E-state index < -0.39 is 6.29 Å². The summed E-state index contributed by atoms with van der Waals surface area (Å²) in [4.78, 5) is 0. The van der Waals surface area contributed by atoms with E-state index >= 15 is 0 Å². The average molecular weight is 211 g/mol. The molecular weight excluding hydrogens is 194 g/mol. The molecule has 5 nitrogen and oxygen atoms in total. The first-order valence-electron chi connectivity index (χ1n) is 4.87. The van der Waals surface area contributed by atoms with Crippen LogP contribution >= 0.6 is 0 Å². The smallest absolute Gasteiger partial charge is 0.201 e. The zero-order valence-electron chi connectivity index (χ0n) is 8.05. The molecule has 2 bridgehead atoms. The van der Waals surface area contributed by atoms with E-state index in [4.69, 9.17) is 4.74 Å². The highest BCUT2D eigenvalue weighted by Gasteiger charge is 2.58. The Hall–Kier alpha value is -0.940. The minimum Gasteiger partial charge on any atom is -0.363 e. The molecule has 3 aliphatic carbocycles. The average Bonchev–Trinajstić information content (AvgIpc) is 2.46. The third-order valence-corrected chi connectivity index (χ3v) is 3.48. The Kier molecular flexibility index (Phi) is 2.31. The van der Waals surface area contributed by atoms with Crippen molar-refractivity contribution >= 4 is 0 Å². The van der Waals surface area contributed by atoms with Crippen LogP contribution in [0.5, 0.6) is 0 Å². The third-order valence-electron chi connectivity index (χ3n) is 3.48. The zero-order valence-corrected chi connectivity index (χ0v) is 8.05.